The maximum Gasteiger partial charge on any atom is 0.187 e. The molecular weight excluding hydrogens is 1070 g/mol. The molecule has 11 atom stereocenters. The molecule has 442 valence electrons. The highest BCUT2D eigenvalue weighted by atomic mass is 16.7. The summed E-state index contributed by atoms with van der Waals surface area (Å²) in [7, 11) is 3.24. The lowest BCUT2D eigenvalue weighted by atomic mass is 9.83. The van der Waals surface area contributed by atoms with Crippen LogP contribution < -0.4 is 9.47 Å². The Kier molecular flexibility index (Phi) is 22.7. The molecule has 1 saturated carbocycles. The lowest BCUT2D eigenvalue weighted by Gasteiger charge is -2.51. The fourth-order valence-electron chi connectivity index (χ4n) is 10.8. The minimum Gasteiger partial charge on any atom is -0.493 e. The smallest absolute Gasteiger partial charge is 0.187 e. The summed E-state index contributed by atoms with van der Waals surface area (Å²) < 4.78 is 81.5. The van der Waals surface area contributed by atoms with Crippen molar-refractivity contribution in [1.82, 2.24) is 0 Å². The Hall–Kier alpha value is -7.34. The molecule has 10 rings (SSSR count). The maximum atomic E-state index is 13.3. The van der Waals surface area contributed by atoms with Crippen molar-refractivity contribution in [2.24, 2.45) is 0 Å². The number of ether oxygens (including phenoxy) is 12. The van der Waals surface area contributed by atoms with Gasteiger partial charge in [0, 0.05) is 0 Å². The molecule has 0 bridgehead atoms. The van der Waals surface area contributed by atoms with Gasteiger partial charge in [-0.25, -0.2) is 0 Å². The average Bonchev–Trinajstić information content (AvgIpc) is 1.87. The van der Waals surface area contributed by atoms with Crippen LogP contribution in [0.25, 0.3) is 11.1 Å². The Morgan fingerprint density at radius 1 is 0.376 bits per heavy atom. The topological polar surface area (TPSA) is 131 Å². The van der Waals surface area contributed by atoms with Crippen molar-refractivity contribution in [2.75, 3.05) is 27.4 Å². The molecule has 1 saturated heterocycles. The molecule has 1 aliphatic heterocycles. The largest absolute Gasteiger partial charge is 0.493 e. The number of aliphatic hydroxyl groups is 1. The Morgan fingerprint density at radius 2 is 0.741 bits per heavy atom. The van der Waals surface area contributed by atoms with E-state index < -0.39 is 67.3 Å². The van der Waals surface area contributed by atoms with Crippen LogP contribution in [-0.2, 0) is 93.6 Å². The van der Waals surface area contributed by atoms with Crippen molar-refractivity contribution < 1.29 is 61.9 Å². The molecule has 85 heavy (non-hydrogen) atoms. The van der Waals surface area contributed by atoms with E-state index in [2.05, 4.69) is 6.58 Å². The average molecular weight is 1150 g/mol. The van der Waals surface area contributed by atoms with E-state index in [9.17, 15) is 5.11 Å². The summed E-state index contributed by atoms with van der Waals surface area (Å²) in [6, 6.07) is 73.6. The molecule has 1 N–H and O–H groups in total. The molecule has 0 spiro atoms. The summed E-state index contributed by atoms with van der Waals surface area (Å²) in [4.78, 5) is 0. The van der Waals surface area contributed by atoms with E-state index in [1.54, 1.807) is 20.3 Å². The number of methoxy groups -OCH3 is 2. The normalized spacial score (nSPS) is 23.0. The molecule has 1 heterocycles. The van der Waals surface area contributed by atoms with Crippen molar-refractivity contribution in [1.29, 1.82) is 0 Å². The van der Waals surface area contributed by atoms with E-state index in [1.807, 2.05) is 224 Å². The van der Waals surface area contributed by atoms with Crippen LogP contribution in [0.15, 0.2) is 237 Å². The van der Waals surface area contributed by atoms with E-state index in [1.165, 1.54) is 0 Å². The first-order valence-electron chi connectivity index (χ1n) is 29.0. The number of rotatable bonds is 30. The van der Waals surface area contributed by atoms with Gasteiger partial charge in [0.2, 0.25) is 0 Å². The number of hydrogen-bond acceptors (Lipinski definition) is 13. The third-order valence-corrected chi connectivity index (χ3v) is 15.2. The molecule has 8 aromatic rings. The van der Waals surface area contributed by atoms with Gasteiger partial charge in [-0.1, -0.05) is 218 Å². The lowest BCUT2D eigenvalue weighted by Crippen LogP contribution is -2.69. The second-order valence-electron chi connectivity index (χ2n) is 21.1. The van der Waals surface area contributed by atoms with E-state index >= 15 is 0 Å². The molecule has 0 radical (unpaired) electrons. The van der Waals surface area contributed by atoms with Gasteiger partial charge in [-0.2, -0.15) is 0 Å². The fourth-order valence-corrected chi connectivity index (χ4v) is 10.8. The molecule has 2 aliphatic rings. The predicted octanol–water partition coefficient (Wildman–Crippen LogP) is 12.5. The monoisotopic (exact) mass is 1150 g/mol. The Labute approximate surface area is 499 Å². The Bertz CT molecular complexity index is 3180. The fraction of sp³-hybridized carbons (Fsp3) is 0.306. The standard InChI is InChI=1S/C72H76O13/c1-4-41-77-65-63(73)66(69(81-46-54-29-17-8-18-30-54)70(82-47-55-31-19-9-20-32-55)68(65)80-49-57-35-37-58(38-36-57)59-39-40-60(74-2)61(42-59)75-3)85-72-71(83-48-56-33-21-10-22-34-56)67(79-45-53-27-15-7-16-28-53)64(78-44-52-25-13-6-14-26-52)62(84-72)50-76-43-51-23-11-5-12-24-51/h4-40,42,62-73H,1,41,43-50H2,2-3H3/t62-,63-,64-,65+,66+,67+,68+,69-,70-,71+,72-/m1/s1. The highest BCUT2D eigenvalue weighted by Gasteiger charge is 2.57. The van der Waals surface area contributed by atoms with Crippen molar-refractivity contribution in [3.8, 4) is 22.6 Å². The van der Waals surface area contributed by atoms with Gasteiger partial charge in [0.25, 0.3) is 0 Å². The van der Waals surface area contributed by atoms with Gasteiger partial charge < -0.3 is 61.9 Å². The second kappa shape index (κ2) is 31.7. The van der Waals surface area contributed by atoms with E-state index in [0.29, 0.717) is 18.1 Å². The molecule has 0 aromatic heterocycles. The first kappa shape index (κ1) is 60.8. The minimum atomic E-state index is -1.41. The lowest BCUT2D eigenvalue weighted by molar-refractivity contribution is -0.362. The van der Waals surface area contributed by atoms with Crippen LogP contribution in [0.4, 0.5) is 0 Å². The molecule has 0 unspecified atom stereocenters. The molecule has 8 aromatic carbocycles. The van der Waals surface area contributed by atoms with Crippen LogP contribution in [0.1, 0.15) is 38.9 Å². The second-order valence-corrected chi connectivity index (χ2v) is 21.1. The maximum absolute atomic E-state index is 13.3. The highest BCUT2D eigenvalue weighted by Crippen LogP contribution is 2.39. The first-order valence-corrected chi connectivity index (χ1v) is 29.0. The van der Waals surface area contributed by atoms with Gasteiger partial charge in [-0.15, -0.1) is 6.58 Å². The predicted molar refractivity (Wildman–Crippen MR) is 324 cm³/mol. The van der Waals surface area contributed by atoms with Gasteiger partial charge >= 0.3 is 0 Å². The van der Waals surface area contributed by atoms with E-state index in [-0.39, 0.29) is 52.9 Å². The molecular formula is C72H76O13. The van der Waals surface area contributed by atoms with Crippen molar-refractivity contribution in [2.45, 2.75) is 114 Å². The molecule has 2 fully saturated rings. The van der Waals surface area contributed by atoms with Crippen LogP contribution in [-0.4, -0.2) is 99.9 Å². The van der Waals surface area contributed by atoms with Gasteiger partial charge in [0.15, 0.2) is 17.8 Å². The van der Waals surface area contributed by atoms with E-state index in [0.717, 1.165) is 50.1 Å². The van der Waals surface area contributed by atoms with Crippen LogP contribution in [0, 0.1) is 0 Å². The Morgan fingerprint density at radius 3 is 1.18 bits per heavy atom. The molecule has 13 nitrogen and oxygen atoms in total. The summed E-state index contributed by atoms with van der Waals surface area (Å²) in [5, 5.41) is 13.3. The van der Waals surface area contributed by atoms with Crippen molar-refractivity contribution in [3.05, 3.63) is 276 Å². The van der Waals surface area contributed by atoms with E-state index in [4.69, 9.17) is 56.8 Å². The third-order valence-electron chi connectivity index (χ3n) is 15.2. The van der Waals surface area contributed by atoms with Gasteiger partial charge in [-0.05, 0) is 62.2 Å². The molecule has 1 aliphatic carbocycles. The summed E-state index contributed by atoms with van der Waals surface area (Å²) >= 11 is 0. The third kappa shape index (κ3) is 16.8. The summed E-state index contributed by atoms with van der Waals surface area (Å²) in [5.41, 5.74) is 8.46. The summed E-state index contributed by atoms with van der Waals surface area (Å²) in [6.07, 6.45) is -9.41. The zero-order valence-corrected chi connectivity index (χ0v) is 48.2. The van der Waals surface area contributed by atoms with Crippen molar-refractivity contribution >= 4 is 0 Å². The van der Waals surface area contributed by atoms with Crippen LogP contribution >= 0.6 is 0 Å². The van der Waals surface area contributed by atoms with Crippen LogP contribution in [0.2, 0.25) is 0 Å². The zero-order valence-electron chi connectivity index (χ0n) is 48.2. The SMILES string of the molecule is C=CCO[C@H]1[C@@H](O)[C@H](O[C@H]2O[C@H](COCc3ccccc3)[C@@H](OCc3ccccc3)[C@H](OCc3ccccc3)[C@@H]2OCc2ccccc2)[C@@H](OCc2ccccc2)[C@H](OCc2ccccc2)[C@H]1OCc1ccc(-c2ccc(OC)c(OC)c2)cc1. The minimum absolute atomic E-state index is 0.0780. The summed E-state index contributed by atoms with van der Waals surface area (Å²) in [5.74, 6) is 1.28. The van der Waals surface area contributed by atoms with Crippen molar-refractivity contribution in [3.63, 3.8) is 0 Å². The number of benzene rings is 8. The van der Waals surface area contributed by atoms with Crippen LogP contribution in [0.3, 0.4) is 0 Å². The molecule has 13 heteroatoms. The first-order chi connectivity index (χ1) is 41.9. The molecule has 0 amide bonds. The van der Waals surface area contributed by atoms with Gasteiger partial charge in [-0.3, -0.25) is 0 Å². The highest BCUT2D eigenvalue weighted by molar-refractivity contribution is 5.67. The van der Waals surface area contributed by atoms with Gasteiger partial charge in [0.05, 0.1) is 73.7 Å². The number of hydrogen-bond donors (Lipinski definition) is 1. The van der Waals surface area contributed by atoms with Crippen LogP contribution in [0.5, 0.6) is 11.5 Å². The van der Waals surface area contributed by atoms with Gasteiger partial charge in [0.1, 0.15) is 61.0 Å². The summed E-state index contributed by atoms with van der Waals surface area (Å²) in [6.45, 7) is 5.55. The zero-order chi connectivity index (χ0) is 58.4. The quantitative estimate of drug-likeness (QED) is 0.0429. The number of aliphatic hydroxyl groups excluding tert-OH is 1. The Balaban J connectivity index is 1.04.